The number of benzene rings is 2. The second-order valence-corrected chi connectivity index (χ2v) is 7.62. The van der Waals surface area contributed by atoms with Gasteiger partial charge in [-0.3, -0.25) is 0 Å². The SMILES string of the molecule is Clc1ccc(Cl)c(OCCCC2CNCCc3[nH]c4ccccc4c32)c1. The van der Waals surface area contributed by atoms with Gasteiger partial charge in [0.05, 0.1) is 11.6 Å². The molecule has 0 aliphatic carbocycles. The predicted molar refractivity (Wildman–Crippen MR) is 109 cm³/mol. The topological polar surface area (TPSA) is 37.0 Å². The Bertz CT molecular complexity index is 906. The fourth-order valence-corrected chi connectivity index (χ4v) is 4.15. The molecule has 5 heteroatoms. The van der Waals surface area contributed by atoms with Gasteiger partial charge in [-0.25, -0.2) is 0 Å². The summed E-state index contributed by atoms with van der Waals surface area (Å²) in [5, 5.41) is 6.17. The van der Waals surface area contributed by atoms with E-state index in [0.717, 1.165) is 32.4 Å². The quantitative estimate of drug-likeness (QED) is 0.561. The van der Waals surface area contributed by atoms with Crippen LogP contribution in [0.4, 0.5) is 0 Å². The molecule has 1 unspecified atom stereocenters. The molecule has 0 radical (unpaired) electrons. The van der Waals surface area contributed by atoms with Crippen LogP contribution in [0.5, 0.6) is 5.75 Å². The molecule has 0 saturated carbocycles. The van der Waals surface area contributed by atoms with Gasteiger partial charge in [0.25, 0.3) is 0 Å². The van der Waals surface area contributed by atoms with Crippen molar-refractivity contribution in [2.24, 2.45) is 0 Å². The van der Waals surface area contributed by atoms with E-state index in [0.29, 0.717) is 28.3 Å². The standard InChI is InChI=1S/C21H22Cl2N2O/c22-15-7-8-17(23)20(12-15)26-11-3-4-14-13-24-10-9-19-21(14)16-5-1-2-6-18(16)25-19/h1-2,5-8,12,14,24-25H,3-4,9-11,13H2. The van der Waals surface area contributed by atoms with Crippen LogP contribution in [-0.2, 0) is 6.42 Å². The zero-order valence-electron chi connectivity index (χ0n) is 14.5. The molecule has 0 amide bonds. The highest BCUT2D eigenvalue weighted by Crippen LogP contribution is 2.34. The summed E-state index contributed by atoms with van der Waals surface area (Å²) in [6.07, 6.45) is 3.09. The van der Waals surface area contributed by atoms with Gasteiger partial charge in [-0.1, -0.05) is 41.4 Å². The summed E-state index contributed by atoms with van der Waals surface area (Å²) >= 11 is 12.2. The van der Waals surface area contributed by atoms with Crippen LogP contribution in [0.2, 0.25) is 10.0 Å². The molecule has 4 rings (SSSR count). The van der Waals surface area contributed by atoms with Gasteiger partial charge in [-0.05, 0) is 42.5 Å². The first kappa shape index (κ1) is 17.7. The molecule has 2 N–H and O–H groups in total. The molecule has 1 aromatic heterocycles. The van der Waals surface area contributed by atoms with E-state index in [1.807, 2.05) is 0 Å². The summed E-state index contributed by atoms with van der Waals surface area (Å²) in [5.74, 6) is 1.15. The van der Waals surface area contributed by atoms with Crippen molar-refractivity contribution in [1.29, 1.82) is 0 Å². The first-order valence-electron chi connectivity index (χ1n) is 9.10. The molecule has 26 heavy (non-hydrogen) atoms. The lowest BCUT2D eigenvalue weighted by Crippen LogP contribution is -2.20. The van der Waals surface area contributed by atoms with Crippen molar-refractivity contribution in [3.05, 3.63) is 63.8 Å². The number of halogens is 2. The monoisotopic (exact) mass is 388 g/mol. The van der Waals surface area contributed by atoms with E-state index in [-0.39, 0.29) is 0 Å². The van der Waals surface area contributed by atoms with E-state index in [4.69, 9.17) is 27.9 Å². The molecule has 0 fully saturated rings. The summed E-state index contributed by atoms with van der Waals surface area (Å²) in [6, 6.07) is 13.9. The number of nitrogens with one attached hydrogen (secondary N) is 2. The van der Waals surface area contributed by atoms with Gasteiger partial charge in [0, 0.05) is 47.2 Å². The van der Waals surface area contributed by atoms with Crippen LogP contribution in [0, 0.1) is 0 Å². The third kappa shape index (κ3) is 3.71. The Labute approximate surface area is 163 Å². The molecule has 1 aliphatic heterocycles. The van der Waals surface area contributed by atoms with Crippen molar-refractivity contribution < 1.29 is 4.74 Å². The van der Waals surface area contributed by atoms with Crippen molar-refractivity contribution >= 4 is 34.1 Å². The van der Waals surface area contributed by atoms with Crippen LogP contribution in [0.25, 0.3) is 10.9 Å². The van der Waals surface area contributed by atoms with Crippen LogP contribution in [0.15, 0.2) is 42.5 Å². The first-order valence-corrected chi connectivity index (χ1v) is 9.86. The van der Waals surface area contributed by atoms with E-state index in [9.17, 15) is 0 Å². The van der Waals surface area contributed by atoms with Crippen molar-refractivity contribution in [2.45, 2.75) is 25.2 Å². The van der Waals surface area contributed by atoms with E-state index < -0.39 is 0 Å². The minimum atomic E-state index is 0.488. The van der Waals surface area contributed by atoms with Gasteiger partial charge in [0.15, 0.2) is 0 Å². The van der Waals surface area contributed by atoms with Gasteiger partial charge in [0.1, 0.15) is 5.75 Å². The molecule has 1 atom stereocenters. The summed E-state index contributed by atoms with van der Waals surface area (Å²) in [4.78, 5) is 3.61. The number of fused-ring (bicyclic) bond motifs is 3. The molecule has 2 aromatic carbocycles. The maximum absolute atomic E-state index is 6.17. The van der Waals surface area contributed by atoms with Crippen LogP contribution < -0.4 is 10.1 Å². The molecule has 0 spiro atoms. The lowest BCUT2D eigenvalue weighted by atomic mass is 9.92. The molecular formula is C21H22Cl2N2O. The molecule has 3 aromatic rings. The Morgan fingerprint density at radius 3 is 2.92 bits per heavy atom. The summed E-state index contributed by atoms with van der Waals surface area (Å²) in [6.45, 7) is 2.66. The van der Waals surface area contributed by atoms with Crippen molar-refractivity contribution in [3.63, 3.8) is 0 Å². The number of ether oxygens (including phenoxy) is 1. The number of H-pyrrole nitrogens is 1. The second-order valence-electron chi connectivity index (χ2n) is 6.78. The average Bonchev–Trinajstić information content (AvgIpc) is 2.89. The number of rotatable bonds is 5. The maximum atomic E-state index is 6.17. The van der Waals surface area contributed by atoms with E-state index >= 15 is 0 Å². The van der Waals surface area contributed by atoms with E-state index in [1.54, 1.807) is 18.2 Å². The minimum absolute atomic E-state index is 0.488. The number of hydrogen-bond acceptors (Lipinski definition) is 2. The smallest absolute Gasteiger partial charge is 0.139 e. The van der Waals surface area contributed by atoms with Gasteiger partial charge in [0.2, 0.25) is 0 Å². The lowest BCUT2D eigenvalue weighted by Gasteiger charge is -2.16. The molecule has 0 bridgehead atoms. The number of aromatic nitrogens is 1. The highest BCUT2D eigenvalue weighted by Gasteiger charge is 2.22. The van der Waals surface area contributed by atoms with Crippen LogP contribution in [0.1, 0.15) is 30.0 Å². The zero-order valence-corrected chi connectivity index (χ0v) is 16.0. The largest absolute Gasteiger partial charge is 0.492 e. The Hall–Kier alpha value is -1.68. The molecule has 3 nitrogen and oxygen atoms in total. The summed E-state index contributed by atoms with van der Waals surface area (Å²) in [7, 11) is 0. The van der Waals surface area contributed by atoms with Gasteiger partial charge in [-0.2, -0.15) is 0 Å². The second kappa shape index (κ2) is 7.91. The summed E-state index contributed by atoms with van der Waals surface area (Å²) < 4.78 is 5.85. The third-order valence-corrected chi connectivity index (χ3v) is 5.57. The van der Waals surface area contributed by atoms with Crippen molar-refractivity contribution in [2.75, 3.05) is 19.7 Å². The normalized spacial score (nSPS) is 17.1. The maximum Gasteiger partial charge on any atom is 0.139 e. The van der Waals surface area contributed by atoms with Gasteiger partial charge >= 0.3 is 0 Å². The highest BCUT2D eigenvalue weighted by atomic mass is 35.5. The first-order chi connectivity index (χ1) is 12.7. The van der Waals surface area contributed by atoms with Crippen LogP contribution in [0.3, 0.4) is 0 Å². The zero-order chi connectivity index (χ0) is 17.9. The number of hydrogen-bond donors (Lipinski definition) is 2. The minimum Gasteiger partial charge on any atom is -0.492 e. The van der Waals surface area contributed by atoms with E-state index in [1.165, 1.54) is 22.2 Å². The Balaban J connectivity index is 1.45. The molecular weight excluding hydrogens is 367 g/mol. The van der Waals surface area contributed by atoms with Crippen molar-refractivity contribution in [1.82, 2.24) is 10.3 Å². The molecule has 2 heterocycles. The molecule has 1 aliphatic rings. The van der Waals surface area contributed by atoms with Gasteiger partial charge < -0.3 is 15.0 Å². The Kier molecular flexibility index (Phi) is 5.39. The van der Waals surface area contributed by atoms with E-state index in [2.05, 4.69) is 34.6 Å². The fraction of sp³-hybridized carbons (Fsp3) is 0.333. The van der Waals surface area contributed by atoms with Crippen molar-refractivity contribution in [3.8, 4) is 5.75 Å². The fourth-order valence-electron chi connectivity index (χ4n) is 3.82. The summed E-state index contributed by atoms with van der Waals surface area (Å²) in [5.41, 5.74) is 4.10. The Morgan fingerprint density at radius 2 is 2.00 bits per heavy atom. The van der Waals surface area contributed by atoms with Gasteiger partial charge in [-0.15, -0.1) is 0 Å². The third-order valence-electron chi connectivity index (χ3n) is 5.03. The molecule has 0 saturated heterocycles. The number of aromatic amines is 1. The highest BCUT2D eigenvalue weighted by molar-refractivity contribution is 6.34. The molecule has 136 valence electrons. The number of para-hydroxylation sites is 1. The Morgan fingerprint density at radius 1 is 1.12 bits per heavy atom. The van der Waals surface area contributed by atoms with Crippen LogP contribution >= 0.6 is 23.2 Å². The van der Waals surface area contributed by atoms with Crippen LogP contribution in [-0.4, -0.2) is 24.7 Å². The lowest BCUT2D eigenvalue weighted by molar-refractivity contribution is 0.301. The predicted octanol–water partition coefficient (Wildman–Crippen LogP) is 5.56. The average molecular weight is 389 g/mol.